The summed E-state index contributed by atoms with van der Waals surface area (Å²) in [6, 6.07) is 13.7. The van der Waals surface area contributed by atoms with Crippen molar-refractivity contribution in [3.63, 3.8) is 0 Å². The van der Waals surface area contributed by atoms with Crippen molar-refractivity contribution in [2.45, 2.75) is 33.3 Å². The molecule has 0 aliphatic heterocycles. The number of nitrogens with one attached hydrogen (secondary N) is 1. The molecule has 0 saturated carbocycles. The van der Waals surface area contributed by atoms with E-state index in [9.17, 15) is 0 Å². The van der Waals surface area contributed by atoms with E-state index in [2.05, 4.69) is 29.1 Å². The summed E-state index contributed by atoms with van der Waals surface area (Å²) >= 11 is 0. The lowest BCUT2D eigenvalue weighted by Crippen LogP contribution is -2.09. The van der Waals surface area contributed by atoms with Crippen molar-refractivity contribution in [3.8, 4) is 11.6 Å². The second-order valence-corrected chi connectivity index (χ2v) is 6.00. The third-order valence-electron chi connectivity index (χ3n) is 4.09. The zero-order valence-electron chi connectivity index (χ0n) is 15.0. The largest absolute Gasteiger partial charge is 0.491 e. The van der Waals surface area contributed by atoms with Gasteiger partial charge in [0.15, 0.2) is 0 Å². The van der Waals surface area contributed by atoms with Gasteiger partial charge in [-0.15, -0.1) is 0 Å². The molecular formula is C20H23N3O2. The van der Waals surface area contributed by atoms with E-state index in [1.165, 1.54) is 0 Å². The third-order valence-corrected chi connectivity index (χ3v) is 4.09. The Morgan fingerprint density at radius 3 is 2.48 bits per heavy atom. The van der Waals surface area contributed by atoms with Crippen molar-refractivity contribution in [2.75, 3.05) is 12.4 Å². The first kappa shape index (κ1) is 17.0. The standard InChI is InChI=1S/C20H23N3O2/c1-5-13(2)25-16-8-6-15(7-9-16)22-18-12-19-17(21-14(18)3)10-11-20(23-19)24-4/h6-13,22H,5H2,1-4H3. The number of hydrogen-bond acceptors (Lipinski definition) is 5. The van der Waals surface area contributed by atoms with Gasteiger partial charge in [-0.2, -0.15) is 0 Å². The van der Waals surface area contributed by atoms with Gasteiger partial charge in [-0.05, 0) is 56.7 Å². The minimum absolute atomic E-state index is 0.215. The summed E-state index contributed by atoms with van der Waals surface area (Å²) in [5.74, 6) is 1.45. The number of nitrogens with zero attached hydrogens (tertiary/aromatic N) is 2. The summed E-state index contributed by atoms with van der Waals surface area (Å²) in [5, 5.41) is 3.40. The molecule has 0 saturated heterocycles. The highest BCUT2D eigenvalue weighted by Gasteiger charge is 2.07. The molecule has 1 atom stereocenters. The van der Waals surface area contributed by atoms with E-state index in [0.717, 1.165) is 40.3 Å². The second kappa shape index (κ2) is 7.38. The number of rotatable bonds is 6. The number of pyridine rings is 2. The van der Waals surface area contributed by atoms with Crippen molar-refractivity contribution in [1.82, 2.24) is 9.97 Å². The van der Waals surface area contributed by atoms with Gasteiger partial charge in [0.1, 0.15) is 5.75 Å². The highest BCUT2D eigenvalue weighted by atomic mass is 16.5. The fourth-order valence-electron chi connectivity index (χ4n) is 2.46. The van der Waals surface area contributed by atoms with Gasteiger partial charge in [-0.1, -0.05) is 6.92 Å². The van der Waals surface area contributed by atoms with Crippen LogP contribution >= 0.6 is 0 Å². The Morgan fingerprint density at radius 2 is 1.80 bits per heavy atom. The van der Waals surface area contributed by atoms with Crippen molar-refractivity contribution in [1.29, 1.82) is 0 Å². The Kier molecular flexibility index (Phi) is 5.03. The van der Waals surface area contributed by atoms with Gasteiger partial charge >= 0.3 is 0 Å². The van der Waals surface area contributed by atoms with E-state index in [4.69, 9.17) is 9.47 Å². The van der Waals surface area contributed by atoms with Crippen LogP contribution in [0.5, 0.6) is 11.6 Å². The SMILES string of the molecule is CCC(C)Oc1ccc(Nc2cc3nc(OC)ccc3nc2C)cc1. The number of aromatic nitrogens is 2. The average Bonchev–Trinajstić information content (AvgIpc) is 2.63. The molecule has 130 valence electrons. The van der Waals surface area contributed by atoms with E-state index in [1.54, 1.807) is 7.11 Å². The molecule has 1 N–H and O–H groups in total. The molecule has 0 fully saturated rings. The van der Waals surface area contributed by atoms with Crippen molar-refractivity contribution in [3.05, 3.63) is 48.2 Å². The fraction of sp³-hybridized carbons (Fsp3) is 0.300. The number of benzene rings is 1. The molecule has 3 aromatic rings. The number of hydrogen-bond donors (Lipinski definition) is 1. The van der Waals surface area contributed by atoms with E-state index < -0.39 is 0 Å². The second-order valence-electron chi connectivity index (χ2n) is 6.00. The first-order chi connectivity index (χ1) is 12.1. The van der Waals surface area contributed by atoms with Crippen LogP contribution in [-0.2, 0) is 0 Å². The third kappa shape index (κ3) is 3.99. The van der Waals surface area contributed by atoms with Crippen LogP contribution in [-0.4, -0.2) is 23.2 Å². The van der Waals surface area contributed by atoms with Crippen molar-refractivity contribution in [2.24, 2.45) is 0 Å². The maximum absolute atomic E-state index is 5.81. The summed E-state index contributed by atoms with van der Waals surface area (Å²) in [5.41, 5.74) is 4.46. The highest BCUT2D eigenvalue weighted by Crippen LogP contribution is 2.26. The van der Waals surface area contributed by atoms with Crippen molar-refractivity contribution < 1.29 is 9.47 Å². The van der Waals surface area contributed by atoms with Crippen LogP contribution in [0.4, 0.5) is 11.4 Å². The molecule has 2 heterocycles. The molecule has 5 heteroatoms. The van der Waals surface area contributed by atoms with Gasteiger partial charge in [0.05, 0.1) is 35.6 Å². The van der Waals surface area contributed by atoms with Crippen LogP contribution in [0.3, 0.4) is 0 Å². The Labute approximate surface area is 148 Å². The molecule has 0 aliphatic rings. The van der Waals surface area contributed by atoms with Crippen LogP contribution in [0.1, 0.15) is 26.0 Å². The Hall–Kier alpha value is -2.82. The van der Waals surface area contributed by atoms with Gasteiger partial charge in [0.2, 0.25) is 5.88 Å². The molecule has 0 aliphatic carbocycles. The lowest BCUT2D eigenvalue weighted by molar-refractivity contribution is 0.217. The van der Waals surface area contributed by atoms with Crippen molar-refractivity contribution >= 4 is 22.4 Å². The minimum Gasteiger partial charge on any atom is -0.491 e. The first-order valence-corrected chi connectivity index (χ1v) is 8.45. The van der Waals surface area contributed by atoms with Gasteiger partial charge in [-0.25, -0.2) is 9.97 Å². The zero-order chi connectivity index (χ0) is 17.8. The monoisotopic (exact) mass is 337 g/mol. The number of fused-ring (bicyclic) bond motifs is 1. The van der Waals surface area contributed by atoms with Crippen LogP contribution in [0.2, 0.25) is 0 Å². The molecule has 1 aromatic carbocycles. The minimum atomic E-state index is 0.215. The van der Waals surface area contributed by atoms with Gasteiger partial charge < -0.3 is 14.8 Å². The quantitative estimate of drug-likeness (QED) is 0.695. The van der Waals surface area contributed by atoms with Crippen LogP contribution in [0.15, 0.2) is 42.5 Å². The highest BCUT2D eigenvalue weighted by molar-refractivity contribution is 5.81. The summed E-state index contributed by atoms with van der Waals surface area (Å²) in [7, 11) is 1.61. The zero-order valence-corrected chi connectivity index (χ0v) is 15.0. The molecule has 1 unspecified atom stereocenters. The van der Waals surface area contributed by atoms with Gasteiger partial charge in [0, 0.05) is 11.8 Å². The molecule has 0 amide bonds. The summed E-state index contributed by atoms with van der Waals surface area (Å²) in [6.07, 6.45) is 1.20. The smallest absolute Gasteiger partial charge is 0.213 e. The van der Waals surface area contributed by atoms with E-state index in [-0.39, 0.29) is 6.10 Å². The normalized spacial score (nSPS) is 12.0. The predicted octanol–water partition coefficient (Wildman–Crippen LogP) is 4.87. The van der Waals surface area contributed by atoms with Crippen LogP contribution in [0.25, 0.3) is 11.0 Å². The molecule has 0 spiro atoms. The maximum Gasteiger partial charge on any atom is 0.213 e. The topological polar surface area (TPSA) is 56.3 Å². The van der Waals surface area contributed by atoms with E-state index >= 15 is 0 Å². The Morgan fingerprint density at radius 1 is 1.04 bits per heavy atom. The molecular weight excluding hydrogens is 314 g/mol. The Bertz CT molecular complexity index is 863. The summed E-state index contributed by atoms with van der Waals surface area (Å²) < 4.78 is 11.0. The summed E-state index contributed by atoms with van der Waals surface area (Å²) in [6.45, 7) is 6.16. The van der Waals surface area contributed by atoms with Crippen LogP contribution in [0, 0.1) is 6.92 Å². The predicted molar refractivity (Wildman–Crippen MR) is 101 cm³/mol. The average molecular weight is 337 g/mol. The molecule has 2 aromatic heterocycles. The molecule has 5 nitrogen and oxygen atoms in total. The maximum atomic E-state index is 5.81. The fourth-order valence-corrected chi connectivity index (χ4v) is 2.46. The number of anilines is 2. The number of aryl methyl sites for hydroxylation is 1. The summed E-state index contributed by atoms with van der Waals surface area (Å²) in [4.78, 5) is 9.06. The number of methoxy groups -OCH3 is 1. The van der Waals surface area contributed by atoms with Gasteiger partial charge in [0.25, 0.3) is 0 Å². The lowest BCUT2D eigenvalue weighted by atomic mass is 10.2. The molecule has 25 heavy (non-hydrogen) atoms. The molecule has 0 bridgehead atoms. The van der Waals surface area contributed by atoms with E-state index in [0.29, 0.717) is 5.88 Å². The molecule has 3 rings (SSSR count). The lowest BCUT2D eigenvalue weighted by Gasteiger charge is -2.14. The van der Waals surface area contributed by atoms with E-state index in [1.807, 2.05) is 49.4 Å². The first-order valence-electron chi connectivity index (χ1n) is 8.45. The molecule has 0 radical (unpaired) electrons. The van der Waals surface area contributed by atoms with Gasteiger partial charge in [-0.3, -0.25) is 0 Å². The van der Waals surface area contributed by atoms with Crippen LogP contribution < -0.4 is 14.8 Å². The number of ether oxygens (including phenoxy) is 2. The Balaban J connectivity index is 1.83.